The van der Waals surface area contributed by atoms with E-state index in [1.165, 1.54) is 4.68 Å². The molecule has 1 saturated heterocycles. The van der Waals surface area contributed by atoms with Gasteiger partial charge in [-0.3, -0.25) is 4.57 Å². The van der Waals surface area contributed by atoms with Crippen molar-refractivity contribution in [2.24, 2.45) is 13.0 Å². The molecule has 0 atom stereocenters. The molecule has 3 heterocycles. The number of anilines is 1. The van der Waals surface area contributed by atoms with Crippen LogP contribution < -0.4 is 10.6 Å². The molecule has 0 unspecified atom stereocenters. The number of piperidine rings is 1. The Morgan fingerprint density at radius 3 is 2.54 bits per heavy atom. The van der Waals surface area contributed by atoms with Gasteiger partial charge < -0.3 is 4.90 Å². The van der Waals surface area contributed by atoms with Crippen LogP contribution in [0.15, 0.2) is 10.9 Å². The molecule has 0 radical (unpaired) electrons. The third-order valence-corrected chi connectivity index (χ3v) is 5.19. The van der Waals surface area contributed by atoms with Gasteiger partial charge in [-0.25, -0.2) is 19.4 Å². The molecule has 2 aromatic rings. The van der Waals surface area contributed by atoms with E-state index in [1.807, 2.05) is 13.8 Å². The van der Waals surface area contributed by atoms with E-state index >= 15 is 0 Å². The van der Waals surface area contributed by atoms with Crippen LogP contribution in [0.2, 0.25) is 0 Å². The Labute approximate surface area is 155 Å². The molecule has 7 nitrogen and oxygen atoms in total. The van der Waals surface area contributed by atoms with Crippen molar-refractivity contribution in [1.29, 1.82) is 0 Å². The SMILES string of the molecule is CCn1c(CC2CCN(c3cc(C)nc(C(C)C)n3)CC2)nn(C)c1=O. The second kappa shape index (κ2) is 7.60. The van der Waals surface area contributed by atoms with Crippen molar-refractivity contribution in [1.82, 2.24) is 24.3 Å². The highest BCUT2D eigenvalue weighted by Crippen LogP contribution is 2.25. The fourth-order valence-corrected chi connectivity index (χ4v) is 3.64. The first kappa shape index (κ1) is 18.6. The first-order valence-electron chi connectivity index (χ1n) is 9.62. The summed E-state index contributed by atoms with van der Waals surface area (Å²) in [5, 5.41) is 4.43. The molecule has 3 rings (SSSR count). The van der Waals surface area contributed by atoms with E-state index in [1.54, 1.807) is 11.6 Å². The predicted octanol–water partition coefficient (Wildman–Crippen LogP) is 2.28. The molecule has 0 aliphatic carbocycles. The molecule has 0 N–H and O–H groups in total. The van der Waals surface area contributed by atoms with Gasteiger partial charge in [-0.2, -0.15) is 5.10 Å². The summed E-state index contributed by atoms with van der Waals surface area (Å²) in [7, 11) is 1.73. The van der Waals surface area contributed by atoms with Crippen molar-refractivity contribution in [3.8, 4) is 0 Å². The van der Waals surface area contributed by atoms with Crippen molar-refractivity contribution in [2.45, 2.75) is 59.4 Å². The lowest BCUT2D eigenvalue weighted by Gasteiger charge is -2.33. The summed E-state index contributed by atoms with van der Waals surface area (Å²) in [6, 6.07) is 2.08. The van der Waals surface area contributed by atoms with Crippen LogP contribution in [-0.2, 0) is 20.0 Å². The average molecular weight is 358 g/mol. The lowest BCUT2D eigenvalue weighted by molar-refractivity contribution is 0.389. The molecule has 142 valence electrons. The lowest BCUT2D eigenvalue weighted by Crippen LogP contribution is -2.35. The second-order valence-corrected chi connectivity index (χ2v) is 7.58. The van der Waals surface area contributed by atoms with Crippen molar-refractivity contribution in [3.63, 3.8) is 0 Å². The molecule has 0 amide bonds. The average Bonchev–Trinajstić information content (AvgIpc) is 2.88. The van der Waals surface area contributed by atoms with E-state index < -0.39 is 0 Å². The molecular weight excluding hydrogens is 328 g/mol. The highest BCUT2D eigenvalue weighted by Gasteiger charge is 2.23. The van der Waals surface area contributed by atoms with E-state index in [0.29, 0.717) is 18.4 Å². The molecule has 0 aromatic carbocycles. The molecule has 1 fully saturated rings. The smallest absolute Gasteiger partial charge is 0.345 e. The Kier molecular flexibility index (Phi) is 5.44. The Bertz CT molecular complexity index is 814. The maximum Gasteiger partial charge on any atom is 0.345 e. The summed E-state index contributed by atoms with van der Waals surface area (Å²) in [6.07, 6.45) is 3.06. The first-order valence-corrected chi connectivity index (χ1v) is 9.62. The second-order valence-electron chi connectivity index (χ2n) is 7.58. The van der Waals surface area contributed by atoms with E-state index in [2.05, 4.69) is 34.9 Å². The minimum absolute atomic E-state index is 0.0161. The van der Waals surface area contributed by atoms with Gasteiger partial charge in [0.2, 0.25) is 0 Å². The van der Waals surface area contributed by atoms with Crippen molar-refractivity contribution in [3.05, 3.63) is 33.9 Å². The number of aryl methyl sites for hydroxylation is 2. The van der Waals surface area contributed by atoms with Crippen LogP contribution in [-0.4, -0.2) is 37.4 Å². The standard InChI is InChI=1S/C19H30N6O/c1-6-25-17(22-23(5)19(25)26)12-15-7-9-24(10-8-15)16-11-14(4)20-18(21-16)13(2)3/h11,13,15H,6-10,12H2,1-5H3. The van der Waals surface area contributed by atoms with Crippen molar-refractivity contribution in [2.75, 3.05) is 18.0 Å². The molecule has 26 heavy (non-hydrogen) atoms. The van der Waals surface area contributed by atoms with Crippen LogP contribution in [0.3, 0.4) is 0 Å². The molecule has 1 aliphatic heterocycles. The highest BCUT2D eigenvalue weighted by molar-refractivity contribution is 5.40. The highest BCUT2D eigenvalue weighted by atomic mass is 16.2. The summed E-state index contributed by atoms with van der Waals surface area (Å²) in [6.45, 7) is 11.0. The summed E-state index contributed by atoms with van der Waals surface area (Å²) >= 11 is 0. The Hall–Kier alpha value is -2.18. The van der Waals surface area contributed by atoms with Gasteiger partial charge in [0.15, 0.2) is 0 Å². The van der Waals surface area contributed by atoms with Gasteiger partial charge >= 0.3 is 5.69 Å². The maximum absolute atomic E-state index is 12.1. The minimum Gasteiger partial charge on any atom is -0.356 e. The van der Waals surface area contributed by atoms with Gasteiger partial charge in [0.1, 0.15) is 17.5 Å². The summed E-state index contributed by atoms with van der Waals surface area (Å²) in [5.74, 6) is 3.77. The zero-order valence-electron chi connectivity index (χ0n) is 16.6. The molecule has 7 heteroatoms. The van der Waals surface area contributed by atoms with Gasteiger partial charge in [-0.1, -0.05) is 13.8 Å². The largest absolute Gasteiger partial charge is 0.356 e. The van der Waals surface area contributed by atoms with Crippen molar-refractivity contribution >= 4 is 5.82 Å². The minimum atomic E-state index is -0.0161. The quantitative estimate of drug-likeness (QED) is 0.820. The Balaban J connectivity index is 1.67. The van der Waals surface area contributed by atoms with E-state index in [-0.39, 0.29) is 5.69 Å². The summed E-state index contributed by atoms with van der Waals surface area (Å²) < 4.78 is 3.24. The van der Waals surface area contributed by atoms with E-state index in [9.17, 15) is 4.79 Å². The summed E-state index contributed by atoms with van der Waals surface area (Å²) in [4.78, 5) is 23.7. The number of hydrogen-bond donors (Lipinski definition) is 0. The Morgan fingerprint density at radius 1 is 1.23 bits per heavy atom. The van der Waals surface area contributed by atoms with Crippen LogP contribution in [0.1, 0.15) is 56.9 Å². The predicted molar refractivity (Wildman–Crippen MR) is 103 cm³/mol. The molecule has 0 bridgehead atoms. The number of nitrogens with zero attached hydrogens (tertiary/aromatic N) is 6. The monoisotopic (exact) mass is 358 g/mol. The van der Waals surface area contributed by atoms with E-state index in [0.717, 1.165) is 55.5 Å². The normalized spacial score (nSPS) is 15.8. The third-order valence-electron chi connectivity index (χ3n) is 5.19. The third kappa shape index (κ3) is 3.81. The molecular formula is C19H30N6O. The first-order chi connectivity index (χ1) is 12.4. The molecule has 1 aliphatic rings. The maximum atomic E-state index is 12.1. The summed E-state index contributed by atoms with van der Waals surface area (Å²) in [5.41, 5.74) is 1.01. The zero-order valence-corrected chi connectivity index (χ0v) is 16.6. The van der Waals surface area contributed by atoms with Crippen LogP contribution in [0.5, 0.6) is 0 Å². The van der Waals surface area contributed by atoms with Crippen LogP contribution >= 0.6 is 0 Å². The number of hydrogen-bond acceptors (Lipinski definition) is 5. The topological polar surface area (TPSA) is 68.8 Å². The van der Waals surface area contributed by atoms with Gasteiger partial charge in [0, 0.05) is 50.8 Å². The lowest BCUT2D eigenvalue weighted by atomic mass is 9.93. The zero-order chi connectivity index (χ0) is 18.8. The number of aromatic nitrogens is 5. The van der Waals surface area contributed by atoms with Crippen molar-refractivity contribution < 1.29 is 0 Å². The fraction of sp³-hybridized carbons (Fsp3) is 0.684. The van der Waals surface area contributed by atoms with Crippen LogP contribution in [0, 0.1) is 12.8 Å². The van der Waals surface area contributed by atoms with Gasteiger partial charge in [-0.05, 0) is 32.6 Å². The fourth-order valence-electron chi connectivity index (χ4n) is 3.64. The van der Waals surface area contributed by atoms with E-state index in [4.69, 9.17) is 4.98 Å². The number of rotatable bonds is 5. The van der Waals surface area contributed by atoms with Gasteiger partial charge in [0.25, 0.3) is 0 Å². The van der Waals surface area contributed by atoms with Crippen LogP contribution in [0.25, 0.3) is 0 Å². The molecule has 2 aromatic heterocycles. The Morgan fingerprint density at radius 2 is 1.92 bits per heavy atom. The molecule has 0 spiro atoms. The van der Waals surface area contributed by atoms with Crippen LogP contribution in [0.4, 0.5) is 5.82 Å². The van der Waals surface area contributed by atoms with Gasteiger partial charge in [0.05, 0.1) is 0 Å². The van der Waals surface area contributed by atoms with Gasteiger partial charge in [-0.15, -0.1) is 0 Å². The molecule has 0 saturated carbocycles.